The van der Waals surface area contributed by atoms with Crippen molar-refractivity contribution in [1.82, 2.24) is 20.6 Å². The number of halogens is 4. The van der Waals surface area contributed by atoms with Gasteiger partial charge >= 0.3 is 6.36 Å². The van der Waals surface area contributed by atoms with Crippen molar-refractivity contribution >= 4 is 26.9 Å². The van der Waals surface area contributed by atoms with Crippen molar-refractivity contribution in [1.29, 1.82) is 0 Å². The molecule has 0 saturated heterocycles. The summed E-state index contributed by atoms with van der Waals surface area (Å²) < 4.78 is 47.0. The van der Waals surface area contributed by atoms with E-state index in [0.717, 1.165) is 16.5 Å². The Balaban J connectivity index is 1.47. The van der Waals surface area contributed by atoms with Gasteiger partial charge in [-0.05, 0) is 75.4 Å². The lowest BCUT2D eigenvalue weighted by Gasteiger charge is -2.11. The number of fused-ring (bicyclic) bond motifs is 1. The minimum Gasteiger partial charge on any atom is -0.453 e. The Labute approximate surface area is 164 Å². The standard InChI is InChI=1S/C18H12BrF3N4O2/c19-13-8-11(4-6-15(13)28-18(20,21)22)2-1-10-3-5-14-12(7-10)9-16(27-14)17-23-25-26-24-17/h3-9H,1-2H2,(H,23,24,25,26). The van der Waals surface area contributed by atoms with Gasteiger partial charge < -0.3 is 9.15 Å². The number of nitrogens with zero attached hydrogens (tertiary/aromatic N) is 3. The summed E-state index contributed by atoms with van der Waals surface area (Å²) in [5.74, 6) is 0.638. The molecule has 0 spiro atoms. The summed E-state index contributed by atoms with van der Waals surface area (Å²) in [6.07, 6.45) is -3.35. The van der Waals surface area contributed by atoms with Gasteiger partial charge in [0.1, 0.15) is 11.3 Å². The van der Waals surface area contributed by atoms with Crippen LogP contribution in [0.2, 0.25) is 0 Å². The third-order valence-electron chi connectivity index (χ3n) is 4.07. The quantitative estimate of drug-likeness (QED) is 0.457. The van der Waals surface area contributed by atoms with Crippen molar-refractivity contribution in [3.8, 4) is 17.3 Å². The number of nitrogens with one attached hydrogen (secondary N) is 1. The highest BCUT2D eigenvalue weighted by atomic mass is 79.9. The van der Waals surface area contributed by atoms with Gasteiger partial charge in [-0.1, -0.05) is 12.1 Å². The molecule has 4 aromatic rings. The molecule has 4 rings (SSSR count). The predicted molar refractivity (Wildman–Crippen MR) is 97.6 cm³/mol. The van der Waals surface area contributed by atoms with Crippen molar-refractivity contribution in [3.63, 3.8) is 0 Å². The highest BCUT2D eigenvalue weighted by Gasteiger charge is 2.31. The number of alkyl halides is 3. The van der Waals surface area contributed by atoms with Crippen LogP contribution in [0.5, 0.6) is 5.75 Å². The lowest BCUT2D eigenvalue weighted by atomic mass is 10.0. The number of aryl methyl sites for hydroxylation is 2. The number of rotatable bonds is 5. The molecule has 28 heavy (non-hydrogen) atoms. The Morgan fingerprint density at radius 3 is 2.46 bits per heavy atom. The van der Waals surface area contributed by atoms with E-state index < -0.39 is 6.36 Å². The van der Waals surface area contributed by atoms with Crippen LogP contribution in [-0.2, 0) is 12.8 Å². The number of H-pyrrole nitrogens is 1. The van der Waals surface area contributed by atoms with E-state index in [1.165, 1.54) is 6.07 Å². The number of tetrazole rings is 1. The number of hydrogen-bond donors (Lipinski definition) is 1. The van der Waals surface area contributed by atoms with Crippen LogP contribution in [0.4, 0.5) is 13.2 Å². The Morgan fingerprint density at radius 1 is 1.04 bits per heavy atom. The number of aromatic amines is 1. The first-order valence-electron chi connectivity index (χ1n) is 8.18. The fourth-order valence-corrected chi connectivity index (χ4v) is 3.33. The summed E-state index contributed by atoms with van der Waals surface area (Å²) in [6.45, 7) is 0. The van der Waals surface area contributed by atoms with E-state index in [-0.39, 0.29) is 10.2 Å². The second-order valence-corrected chi connectivity index (χ2v) is 6.89. The summed E-state index contributed by atoms with van der Waals surface area (Å²) in [7, 11) is 0. The summed E-state index contributed by atoms with van der Waals surface area (Å²) in [4.78, 5) is 0. The smallest absolute Gasteiger partial charge is 0.453 e. The average Bonchev–Trinajstić information content (AvgIpc) is 3.29. The van der Waals surface area contributed by atoms with Crippen LogP contribution in [0.15, 0.2) is 51.4 Å². The lowest BCUT2D eigenvalue weighted by Crippen LogP contribution is -2.17. The normalized spacial score (nSPS) is 11.9. The van der Waals surface area contributed by atoms with E-state index in [0.29, 0.717) is 30.0 Å². The van der Waals surface area contributed by atoms with Gasteiger partial charge in [-0.3, -0.25) is 0 Å². The third kappa shape index (κ3) is 4.16. The van der Waals surface area contributed by atoms with Gasteiger partial charge in [-0.2, -0.15) is 5.21 Å². The molecule has 0 fully saturated rings. The molecule has 0 bridgehead atoms. The first-order valence-corrected chi connectivity index (χ1v) is 8.97. The largest absolute Gasteiger partial charge is 0.573 e. The van der Waals surface area contributed by atoms with Crippen molar-refractivity contribution in [2.75, 3.05) is 0 Å². The number of aromatic nitrogens is 4. The summed E-state index contributed by atoms with van der Waals surface area (Å²) in [5.41, 5.74) is 2.67. The zero-order valence-corrected chi connectivity index (χ0v) is 15.7. The monoisotopic (exact) mass is 452 g/mol. The number of hydrogen-bond acceptors (Lipinski definition) is 5. The van der Waals surface area contributed by atoms with Gasteiger partial charge in [0.25, 0.3) is 0 Å². The molecular formula is C18H12BrF3N4O2. The second kappa shape index (κ2) is 7.27. The minimum atomic E-state index is -4.72. The van der Waals surface area contributed by atoms with Crippen molar-refractivity contribution in [2.45, 2.75) is 19.2 Å². The maximum absolute atomic E-state index is 12.3. The fourth-order valence-electron chi connectivity index (χ4n) is 2.82. The fraction of sp³-hybridized carbons (Fsp3) is 0.167. The minimum absolute atomic E-state index is 0.259. The Bertz CT molecular complexity index is 1110. The molecule has 144 valence electrons. The summed E-state index contributed by atoms with van der Waals surface area (Å²) in [5, 5.41) is 14.6. The zero-order valence-electron chi connectivity index (χ0n) is 14.1. The van der Waals surface area contributed by atoms with Gasteiger partial charge in [0.05, 0.1) is 4.47 Å². The molecule has 0 aliphatic rings. The van der Waals surface area contributed by atoms with Gasteiger partial charge in [0, 0.05) is 5.39 Å². The van der Waals surface area contributed by atoms with Gasteiger partial charge in [0.15, 0.2) is 5.76 Å². The first-order chi connectivity index (χ1) is 13.4. The molecule has 2 heterocycles. The first kappa shape index (κ1) is 18.5. The molecule has 2 aromatic heterocycles. The van der Waals surface area contributed by atoms with Crippen LogP contribution >= 0.6 is 15.9 Å². The summed E-state index contributed by atoms with van der Waals surface area (Å²) >= 11 is 3.12. The van der Waals surface area contributed by atoms with Gasteiger partial charge in [0.2, 0.25) is 5.82 Å². The maximum atomic E-state index is 12.3. The molecule has 1 N–H and O–H groups in total. The van der Waals surface area contributed by atoms with Crippen molar-refractivity contribution in [3.05, 3.63) is 58.1 Å². The summed E-state index contributed by atoms with van der Waals surface area (Å²) in [6, 6.07) is 12.2. The molecule has 0 amide bonds. The van der Waals surface area contributed by atoms with Gasteiger partial charge in [-0.15, -0.1) is 23.4 Å². The highest BCUT2D eigenvalue weighted by molar-refractivity contribution is 9.10. The third-order valence-corrected chi connectivity index (χ3v) is 4.69. The maximum Gasteiger partial charge on any atom is 0.573 e. The Morgan fingerprint density at radius 2 is 1.79 bits per heavy atom. The second-order valence-electron chi connectivity index (χ2n) is 6.03. The molecule has 0 saturated carbocycles. The Hall–Kier alpha value is -2.88. The molecule has 0 aliphatic carbocycles. The van der Waals surface area contributed by atoms with Crippen LogP contribution in [-0.4, -0.2) is 27.0 Å². The topological polar surface area (TPSA) is 76.8 Å². The van der Waals surface area contributed by atoms with Crippen LogP contribution < -0.4 is 4.74 Å². The molecule has 2 aromatic carbocycles. The molecule has 0 radical (unpaired) electrons. The zero-order chi connectivity index (χ0) is 19.7. The number of furan rings is 1. The number of benzene rings is 2. The van der Waals surface area contributed by atoms with Crippen molar-refractivity contribution in [2.24, 2.45) is 0 Å². The van der Waals surface area contributed by atoms with E-state index in [9.17, 15) is 13.2 Å². The average molecular weight is 453 g/mol. The van der Waals surface area contributed by atoms with Crippen LogP contribution in [0.25, 0.3) is 22.6 Å². The molecule has 6 nitrogen and oxygen atoms in total. The van der Waals surface area contributed by atoms with Crippen molar-refractivity contribution < 1.29 is 22.3 Å². The molecule has 10 heteroatoms. The van der Waals surface area contributed by atoms with E-state index in [4.69, 9.17) is 4.42 Å². The van der Waals surface area contributed by atoms with Crippen LogP contribution in [0.3, 0.4) is 0 Å². The Kier molecular flexibility index (Phi) is 4.80. The molecule has 0 unspecified atom stereocenters. The van der Waals surface area contributed by atoms with Crippen LogP contribution in [0, 0.1) is 0 Å². The van der Waals surface area contributed by atoms with E-state index >= 15 is 0 Å². The number of ether oxygens (including phenoxy) is 1. The molecular weight excluding hydrogens is 441 g/mol. The predicted octanol–water partition coefficient (Wildman–Crippen LogP) is 5.06. The van der Waals surface area contributed by atoms with Gasteiger partial charge in [-0.25, -0.2) is 0 Å². The lowest BCUT2D eigenvalue weighted by molar-refractivity contribution is -0.274. The highest BCUT2D eigenvalue weighted by Crippen LogP contribution is 2.31. The van der Waals surface area contributed by atoms with E-state index in [1.807, 2.05) is 24.3 Å². The van der Waals surface area contributed by atoms with E-state index in [1.54, 1.807) is 12.1 Å². The molecule has 0 aliphatic heterocycles. The molecule has 0 atom stereocenters. The SMILES string of the molecule is FC(F)(F)Oc1ccc(CCc2ccc3oc(-c4nn[nH]n4)cc3c2)cc1Br. The van der Waals surface area contributed by atoms with E-state index in [2.05, 4.69) is 41.3 Å². The van der Waals surface area contributed by atoms with Crippen LogP contribution in [0.1, 0.15) is 11.1 Å².